The summed E-state index contributed by atoms with van der Waals surface area (Å²) in [4.78, 5) is 8.50. The van der Waals surface area contributed by atoms with Gasteiger partial charge in [0.05, 0.1) is 5.39 Å². The van der Waals surface area contributed by atoms with Crippen molar-refractivity contribution in [1.29, 1.82) is 0 Å². The van der Waals surface area contributed by atoms with Crippen molar-refractivity contribution < 1.29 is 13.9 Å². The first kappa shape index (κ1) is 17.6. The van der Waals surface area contributed by atoms with Crippen molar-refractivity contribution in [1.82, 2.24) is 14.5 Å². The van der Waals surface area contributed by atoms with E-state index in [1.807, 2.05) is 22.9 Å². The molecule has 0 radical (unpaired) electrons. The van der Waals surface area contributed by atoms with Crippen LogP contribution in [0.3, 0.4) is 0 Å². The second kappa shape index (κ2) is 6.55. The fourth-order valence-corrected chi connectivity index (χ4v) is 4.25. The molecule has 7 heteroatoms. The number of benzene rings is 2. The predicted molar refractivity (Wildman–Crippen MR) is 106 cm³/mol. The number of nitrogens with two attached hydrogens (primary N) is 1. The molecule has 4 aromatic rings. The Morgan fingerprint density at radius 2 is 1.90 bits per heavy atom. The fraction of sp³-hybridized carbons (Fsp3) is 0.182. The Bertz CT molecular complexity index is 1230. The van der Waals surface area contributed by atoms with Crippen molar-refractivity contribution >= 4 is 16.9 Å². The zero-order valence-electron chi connectivity index (χ0n) is 15.4. The van der Waals surface area contributed by atoms with Crippen LogP contribution in [0.15, 0.2) is 48.9 Å². The van der Waals surface area contributed by atoms with Crippen LogP contribution in [0.5, 0.6) is 5.75 Å². The van der Waals surface area contributed by atoms with Crippen molar-refractivity contribution in [2.24, 2.45) is 0 Å². The van der Waals surface area contributed by atoms with Crippen molar-refractivity contribution in [3.8, 4) is 16.9 Å². The third-order valence-corrected chi connectivity index (χ3v) is 5.67. The topological polar surface area (TPSA) is 77.0 Å². The third kappa shape index (κ3) is 2.81. The van der Waals surface area contributed by atoms with Gasteiger partial charge in [0.2, 0.25) is 0 Å². The highest BCUT2D eigenvalue weighted by molar-refractivity contribution is 6.00. The molecule has 2 aromatic heterocycles. The number of rotatable bonds is 2. The SMILES string of the molecule is Nc1ncnc2c1c(-c1cc(O)c(F)c(F)c1)cn2C1CCc2ccccc2C1. The minimum Gasteiger partial charge on any atom is -0.505 e. The van der Waals surface area contributed by atoms with E-state index in [-0.39, 0.29) is 11.9 Å². The average Bonchev–Trinajstić information content (AvgIpc) is 3.12. The van der Waals surface area contributed by atoms with Crippen LogP contribution in [0.1, 0.15) is 23.6 Å². The van der Waals surface area contributed by atoms with E-state index in [0.29, 0.717) is 22.2 Å². The van der Waals surface area contributed by atoms with Crippen LogP contribution in [-0.2, 0) is 12.8 Å². The minimum absolute atomic E-state index is 0.148. The lowest BCUT2D eigenvalue weighted by Gasteiger charge is -2.26. The van der Waals surface area contributed by atoms with Gasteiger partial charge in [-0.05, 0) is 48.1 Å². The molecule has 29 heavy (non-hydrogen) atoms. The Hall–Kier alpha value is -3.48. The van der Waals surface area contributed by atoms with Gasteiger partial charge in [-0.15, -0.1) is 0 Å². The monoisotopic (exact) mass is 392 g/mol. The van der Waals surface area contributed by atoms with Crippen LogP contribution in [0.4, 0.5) is 14.6 Å². The molecule has 0 bridgehead atoms. The number of aryl methyl sites for hydroxylation is 1. The summed E-state index contributed by atoms with van der Waals surface area (Å²) in [6.07, 6.45) is 5.96. The van der Waals surface area contributed by atoms with E-state index in [9.17, 15) is 13.9 Å². The van der Waals surface area contributed by atoms with E-state index in [2.05, 4.69) is 22.1 Å². The van der Waals surface area contributed by atoms with Crippen molar-refractivity contribution in [3.05, 3.63) is 71.7 Å². The molecule has 0 spiro atoms. The van der Waals surface area contributed by atoms with Gasteiger partial charge in [0.15, 0.2) is 17.4 Å². The zero-order valence-corrected chi connectivity index (χ0v) is 15.4. The molecule has 146 valence electrons. The van der Waals surface area contributed by atoms with Crippen LogP contribution in [-0.4, -0.2) is 19.6 Å². The van der Waals surface area contributed by atoms with Gasteiger partial charge in [0.25, 0.3) is 0 Å². The van der Waals surface area contributed by atoms with Gasteiger partial charge >= 0.3 is 0 Å². The number of phenols is 1. The summed E-state index contributed by atoms with van der Waals surface area (Å²) in [6.45, 7) is 0. The molecule has 1 atom stereocenters. The van der Waals surface area contributed by atoms with Crippen molar-refractivity contribution in [2.45, 2.75) is 25.3 Å². The number of anilines is 1. The number of phenolic OH excluding ortho intramolecular Hbond substituents is 1. The molecule has 0 saturated carbocycles. The molecule has 3 N–H and O–H groups in total. The van der Waals surface area contributed by atoms with E-state index in [1.165, 1.54) is 23.5 Å². The summed E-state index contributed by atoms with van der Waals surface area (Å²) in [5, 5.41) is 10.3. The Labute approximate surface area is 165 Å². The first-order chi connectivity index (χ1) is 14.0. The lowest BCUT2D eigenvalue weighted by molar-refractivity contribution is 0.407. The lowest BCUT2D eigenvalue weighted by Crippen LogP contribution is -2.18. The quantitative estimate of drug-likeness (QED) is 0.530. The number of nitrogens with zero attached hydrogens (tertiary/aromatic N) is 3. The molecule has 0 saturated heterocycles. The minimum atomic E-state index is -1.27. The van der Waals surface area contributed by atoms with E-state index < -0.39 is 17.4 Å². The van der Waals surface area contributed by atoms with E-state index in [0.717, 1.165) is 25.3 Å². The first-order valence-corrected chi connectivity index (χ1v) is 9.39. The number of hydrogen-bond acceptors (Lipinski definition) is 4. The van der Waals surface area contributed by atoms with Gasteiger partial charge in [-0.2, -0.15) is 4.39 Å². The molecule has 0 fully saturated rings. The summed E-state index contributed by atoms with van der Waals surface area (Å²) in [7, 11) is 0. The standard InChI is InChI=1S/C22H18F2N4O/c23-17-8-14(9-18(29)20(17)24)16-10-28(22-19(16)21(25)26-11-27-22)15-6-5-12-3-1-2-4-13(12)7-15/h1-4,8-11,15,29H,5-7H2,(H2,25,26,27). The van der Waals surface area contributed by atoms with Gasteiger partial charge in [0.1, 0.15) is 17.8 Å². The average molecular weight is 392 g/mol. The molecule has 0 amide bonds. The first-order valence-electron chi connectivity index (χ1n) is 9.39. The molecule has 1 unspecified atom stereocenters. The number of fused-ring (bicyclic) bond motifs is 2. The van der Waals surface area contributed by atoms with Gasteiger partial charge in [-0.3, -0.25) is 0 Å². The number of halogens is 2. The number of nitrogen functional groups attached to an aromatic ring is 1. The molecule has 5 nitrogen and oxygen atoms in total. The smallest absolute Gasteiger partial charge is 0.200 e. The Balaban J connectivity index is 1.68. The highest BCUT2D eigenvalue weighted by atomic mass is 19.2. The molecular weight excluding hydrogens is 374 g/mol. The van der Waals surface area contributed by atoms with Crippen LogP contribution in [0.25, 0.3) is 22.2 Å². The van der Waals surface area contributed by atoms with Crippen LogP contribution < -0.4 is 5.73 Å². The number of hydrogen-bond donors (Lipinski definition) is 2. The van der Waals surface area contributed by atoms with E-state index in [1.54, 1.807) is 0 Å². The van der Waals surface area contributed by atoms with Crippen molar-refractivity contribution in [3.63, 3.8) is 0 Å². The van der Waals surface area contributed by atoms with Gasteiger partial charge in [-0.25, -0.2) is 14.4 Å². The summed E-state index contributed by atoms with van der Waals surface area (Å²) in [5.41, 5.74) is 10.3. The fourth-order valence-electron chi connectivity index (χ4n) is 4.25. The van der Waals surface area contributed by atoms with Crippen molar-refractivity contribution in [2.75, 3.05) is 5.73 Å². The summed E-state index contributed by atoms with van der Waals surface area (Å²) < 4.78 is 29.6. The van der Waals surface area contributed by atoms with E-state index in [4.69, 9.17) is 5.73 Å². The Kier molecular flexibility index (Phi) is 3.97. The molecule has 5 rings (SSSR count). The third-order valence-electron chi connectivity index (χ3n) is 5.67. The highest BCUT2D eigenvalue weighted by Gasteiger charge is 2.25. The number of aromatic nitrogens is 3. The van der Waals surface area contributed by atoms with Gasteiger partial charge in [0, 0.05) is 17.8 Å². The highest BCUT2D eigenvalue weighted by Crippen LogP contribution is 2.39. The second-order valence-corrected chi connectivity index (χ2v) is 7.36. The Morgan fingerprint density at radius 3 is 2.69 bits per heavy atom. The zero-order chi connectivity index (χ0) is 20.1. The summed E-state index contributed by atoms with van der Waals surface area (Å²) >= 11 is 0. The predicted octanol–water partition coefficient (Wildman–Crippen LogP) is 4.39. The van der Waals surface area contributed by atoms with E-state index >= 15 is 0 Å². The van der Waals surface area contributed by atoms with Crippen LogP contribution in [0, 0.1) is 11.6 Å². The van der Waals surface area contributed by atoms with Gasteiger partial charge < -0.3 is 15.4 Å². The maximum atomic E-state index is 13.9. The lowest BCUT2D eigenvalue weighted by atomic mass is 9.88. The molecule has 0 aliphatic heterocycles. The van der Waals surface area contributed by atoms with Crippen LogP contribution >= 0.6 is 0 Å². The molecular formula is C22H18F2N4O. The largest absolute Gasteiger partial charge is 0.505 e. The molecule has 2 aromatic carbocycles. The van der Waals surface area contributed by atoms with Crippen LogP contribution in [0.2, 0.25) is 0 Å². The normalized spacial score (nSPS) is 16.1. The van der Waals surface area contributed by atoms with Gasteiger partial charge in [-0.1, -0.05) is 24.3 Å². The maximum absolute atomic E-state index is 13.9. The number of aromatic hydroxyl groups is 1. The molecule has 1 aliphatic rings. The summed E-state index contributed by atoms with van der Waals surface area (Å²) in [5.74, 6) is -2.89. The Morgan fingerprint density at radius 1 is 1.10 bits per heavy atom. The summed E-state index contributed by atoms with van der Waals surface area (Å²) in [6, 6.07) is 10.8. The molecule has 2 heterocycles. The molecule has 1 aliphatic carbocycles. The second-order valence-electron chi connectivity index (χ2n) is 7.36. The maximum Gasteiger partial charge on any atom is 0.200 e.